The summed E-state index contributed by atoms with van der Waals surface area (Å²) in [4.78, 5) is 35.2. The fraction of sp³-hybridized carbons (Fsp3) is 0.235. The normalized spacial score (nSPS) is 11.4. The molecule has 0 spiro atoms. The first-order chi connectivity index (χ1) is 11.5. The van der Waals surface area contributed by atoms with Gasteiger partial charge in [-0.15, -0.1) is 0 Å². The second-order valence-electron chi connectivity index (χ2n) is 4.97. The molecule has 0 saturated heterocycles. The number of amides is 1. The van der Waals surface area contributed by atoms with Crippen LogP contribution in [-0.2, 0) is 16.1 Å². The summed E-state index contributed by atoms with van der Waals surface area (Å²) in [6.07, 6.45) is 1.07. The van der Waals surface area contributed by atoms with Crippen LogP contribution in [0.1, 0.15) is 23.0 Å². The molecule has 1 atom stereocenters. The minimum Gasteiger partial charge on any atom is -0.482 e. The molecular weight excluding hydrogens is 314 g/mol. The van der Waals surface area contributed by atoms with Crippen LogP contribution in [0, 0.1) is 0 Å². The van der Waals surface area contributed by atoms with Crippen molar-refractivity contribution in [2.75, 3.05) is 7.11 Å². The molecule has 7 heteroatoms. The van der Waals surface area contributed by atoms with Gasteiger partial charge >= 0.3 is 5.97 Å². The molecule has 2 rings (SSSR count). The van der Waals surface area contributed by atoms with Crippen molar-refractivity contribution in [1.82, 2.24) is 5.32 Å². The molecule has 7 nitrogen and oxygen atoms in total. The van der Waals surface area contributed by atoms with E-state index in [-0.39, 0.29) is 18.1 Å². The topological polar surface area (TPSA) is 94.8 Å². The predicted molar refractivity (Wildman–Crippen MR) is 84.7 cm³/mol. The zero-order valence-corrected chi connectivity index (χ0v) is 13.3. The van der Waals surface area contributed by atoms with E-state index < -0.39 is 23.3 Å². The summed E-state index contributed by atoms with van der Waals surface area (Å²) in [6.45, 7) is 1.66. The number of ether oxygens (including phenoxy) is 2. The number of methoxy groups -OCH3 is 1. The standard InChI is InChI=1S/C17H17NO6/c1-11(17(21)22-2)18-16(20)14-8-13(19)15(10-24-14)23-9-12-6-4-3-5-7-12/h3-8,10-11H,9H2,1-2H3,(H,18,20). The molecule has 0 bridgehead atoms. The van der Waals surface area contributed by atoms with E-state index in [1.807, 2.05) is 30.3 Å². The minimum absolute atomic E-state index is 0.00332. The second kappa shape index (κ2) is 7.96. The van der Waals surface area contributed by atoms with Crippen LogP contribution in [0.25, 0.3) is 0 Å². The van der Waals surface area contributed by atoms with Gasteiger partial charge in [0, 0.05) is 6.07 Å². The quantitative estimate of drug-likeness (QED) is 0.806. The molecule has 126 valence electrons. The Balaban J connectivity index is 2.02. The highest BCUT2D eigenvalue weighted by Gasteiger charge is 2.19. The molecule has 2 aromatic rings. The van der Waals surface area contributed by atoms with Crippen molar-refractivity contribution in [3.63, 3.8) is 0 Å². The molecule has 0 fully saturated rings. The third-order valence-corrected chi connectivity index (χ3v) is 3.16. The van der Waals surface area contributed by atoms with Crippen LogP contribution in [0.2, 0.25) is 0 Å². The maximum Gasteiger partial charge on any atom is 0.328 e. The van der Waals surface area contributed by atoms with E-state index in [4.69, 9.17) is 9.15 Å². The van der Waals surface area contributed by atoms with Crippen molar-refractivity contribution in [2.45, 2.75) is 19.6 Å². The lowest BCUT2D eigenvalue weighted by Gasteiger charge is -2.11. The Bertz CT molecular complexity index is 768. The van der Waals surface area contributed by atoms with Gasteiger partial charge in [0.25, 0.3) is 5.91 Å². The Morgan fingerprint density at radius 2 is 1.96 bits per heavy atom. The van der Waals surface area contributed by atoms with Gasteiger partial charge in [-0.2, -0.15) is 0 Å². The van der Waals surface area contributed by atoms with Crippen molar-refractivity contribution in [3.8, 4) is 5.75 Å². The molecule has 0 saturated carbocycles. The number of esters is 1. The Hall–Kier alpha value is -3.09. The summed E-state index contributed by atoms with van der Waals surface area (Å²) in [5.41, 5.74) is 0.402. The summed E-state index contributed by atoms with van der Waals surface area (Å²) >= 11 is 0. The van der Waals surface area contributed by atoms with Gasteiger partial charge in [-0.25, -0.2) is 4.79 Å². The number of carbonyl (C=O) groups is 2. The van der Waals surface area contributed by atoms with Crippen LogP contribution in [0.5, 0.6) is 5.75 Å². The zero-order valence-electron chi connectivity index (χ0n) is 13.3. The molecule has 1 N–H and O–H groups in total. The van der Waals surface area contributed by atoms with Gasteiger partial charge in [0.05, 0.1) is 7.11 Å². The Morgan fingerprint density at radius 3 is 2.58 bits per heavy atom. The third-order valence-electron chi connectivity index (χ3n) is 3.16. The molecule has 1 aromatic heterocycles. The van der Waals surface area contributed by atoms with Gasteiger partial charge in [0.1, 0.15) is 18.9 Å². The average molecular weight is 331 g/mol. The molecule has 0 radical (unpaired) electrons. The number of rotatable bonds is 6. The average Bonchev–Trinajstić information content (AvgIpc) is 2.60. The van der Waals surface area contributed by atoms with Crippen molar-refractivity contribution in [2.24, 2.45) is 0 Å². The van der Waals surface area contributed by atoms with Crippen LogP contribution in [0.3, 0.4) is 0 Å². The Labute approximate surface area is 138 Å². The molecule has 0 aliphatic carbocycles. The fourth-order valence-electron chi connectivity index (χ4n) is 1.86. The third kappa shape index (κ3) is 4.45. The van der Waals surface area contributed by atoms with Gasteiger partial charge in [0.15, 0.2) is 5.76 Å². The maximum absolute atomic E-state index is 12.0. The highest BCUT2D eigenvalue weighted by Crippen LogP contribution is 2.09. The van der Waals surface area contributed by atoms with E-state index in [0.29, 0.717) is 0 Å². The first-order valence-electron chi connectivity index (χ1n) is 7.19. The zero-order chi connectivity index (χ0) is 17.5. The SMILES string of the molecule is COC(=O)C(C)NC(=O)c1cc(=O)c(OCc2ccccc2)co1. The van der Waals surface area contributed by atoms with Gasteiger partial charge in [-0.3, -0.25) is 9.59 Å². The lowest BCUT2D eigenvalue weighted by Crippen LogP contribution is -2.39. The van der Waals surface area contributed by atoms with Crippen molar-refractivity contribution in [1.29, 1.82) is 0 Å². The summed E-state index contributed by atoms with van der Waals surface area (Å²) in [5.74, 6) is -1.52. The highest BCUT2D eigenvalue weighted by molar-refractivity contribution is 5.94. The number of hydrogen-bond acceptors (Lipinski definition) is 6. The molecule has 1 amide bonds. The minimum atomic E-state index is -0.859. The first kappa shape index (κ1) is 17.3. The number of hydrogen-bond donors (Lipinski definition) is 1. The van der Waals surface area contributed by atoms with Crippen molar-refractivity contribution >= 4 is 11.9 Å². The van der Waals surface area contributed by atoms with E-state index >= 15 is 0 Å². The highest BCUT2D eigenvalue weighted by atomic mass is 16.5. The van der Waals surface area contributed by atoms with Crippen molar-refractivity contribution < 1.29 is 23.5 Å². The molecule has 0 aliphatic heterocycles. The maximum atomic E-state index is 12.0. The van der Waals surface area contributed by atoms with Gasteiger partial charge in [-0.05, 0) is 12.5 Å². The van der Waals surface area contributed by atoms with E-state index in [9.17, 15) is 14.4 Å². The van der Waals surface area contributed by atoms with Gasteiger partial charge < -0.3 is 19.2 Å². The first-order valence-corrected chi connectivity index (χ1v) is 7.19. The summed E-state index contributed by atoms with van der Waals surface area (Å²) in [6, 6.07) is 9.46. The van der Waals surface area contributed by atoms with Gasteiger partial charge in [-0.1, -0.05) is 30.3 Å². The van der Waals surface area contributed by atoms with Crippen LogP contribution in [-0.4, -0.2) is 25.0 Å². The van der Waals surface area contributed by atoms with E-state index in [2.05, 4.69) is 10.1 Å². The molecule has 0 aliphatic rings. The molecule has 1 heterocycles. The Kier molecular flexibility index (Phi) is 5.73. The van der Waals surface area contributed by atoms with Crippen LogP contribution < -0.4 is 15.5 Å². The molecule has 24 heavy (non-hydrogen) atoms. The summed E-state index contributed by atoms with van der Waals surface area (Å²) in [7, 11) is 1.21. The van der Waals surface area contributed by atoms with Crippen LogP contribution >= 0.6 is 0 Å². The van der Waals surface area contributed by atoms with Gasteiger partial charge in [0.2, 0.25) is 11.2 Å². The number of nitrogens with one attached hydrogen (secondary N) is 1. The van der Waals surface area contributed by atoms with E-state index in [1.54, 1.807) is 0 Å². The van der Waals surface area contributed by atoms with Crippen LogP contribution in [0.15, 0.2) is 51.9 Å². The summed E-state index contributed by atoms with van der Waals surface area (Å²) < 4.78 is 15.0. The predicted octanol–water partition coefficient (Wildman–Crippen LogP) is 1.51. The molecule has 1 aromatic carbocycles. The summed E-state index contributed by atoms with van der Waals surface area (Å²) in [5, 5.41) is 2.36. The molecular formula is C17H17NO6. The smallest absolute Gasteiger partial charge is 0.328 e. The second-order valence-corrected chi connectivity index (χ2v) is 4.97. The van der Waals surface area contributed by atoms with E-state index in [0.717, 1.165) is 17.9 Å². The number of carbonyl (C=O) groups excluding carboxylic acids is 2. The fourth-order valence-corrected chi connectivity index (χ4v) is 1.86. The number of benzene rings is 1. The lowest BCUT2D eigenvalue weighted by molar-refractivity contribution is -0.142. The monoisotopic (exact) mass is 331 g/mol. The van der Waals surface area contributed by atoms with Crippen LogP contribution in [0.4, 0.5) is 0 Å². The largest absolute Gasteiger partial charge is 0.482 e. The Morgan fingerprint density at radius 1 is 1.25 bits per heavy atom. The van der Waals surface area contributed by atoms with E-state index in [1.165, 1.54) is 14.0 Å². The molecule has 1 unspecified atom stereocenters. The lowest BCUT2D eigenvalue weighted by atomic mass is 10.2. The van der Waals surface area contributed by atoms with Crippen molar-refractivity contribution in [3.05, 3.63) is 64.2 Å².